The summed E-state index contributed by atoms with van der Waals surface area (Å²) in [6.07, 6.45) is 3.65. The summed E-state index contributed by atoms with van der Waals surface area (Å²) in [6.45, 7) is 15.6. The number of carbonyl (C=O) groups is 1. The molecule has 0 radical (unpaired) electrons. The summed E-state index contributed by atoms with van der Waals surface area (Å²) in [5, 5.41) is 3.56. The molecule has 1 amide bonds. The van der Waals surface area contributed by atoms with E-state index in [0.717, 1.165) is 31.5 Å². The lowest BCUT2D eigenvalue weighted by molar-refractivity contribution is 0.0137. The second-order valence-corrected chi connectivity index (χ2v) is 9.03. The van der Waals surface area contributed by atoms with Crippen LogP contribution in [0, 0.1) is 5.92 Å². The van der Waals surface area contributed by atoms with E-state index >= 15 is 0 Å². The van der Waals surface area contributed by atoms with Crippen molar-refractivity contribution in [1.82, 2.24) is 20.0 Å². The minimum atomic E-state index is -0.444. The normalized spacial score (nSPS) is 23.7. The van der Waals surface area contributed by atoms with E-state index in [-0.39, 0.29) is 36.1 Å². The number of hydrogen-bond donors (Lipinski definition) is 1. The molecule has 0 aromatic rings. The molecular formula is C20H38IN5O2. The summed E-state index contributed by atoms with van der Waals surface area (Å²) in [5.74, 6) is 1.86. The van der Waals surface area contributed by atoms with Gasteiger partial charge in [0.1, 0.15) is 5.60 Å². The minimum absolute atomic E-state index is 0. The Hall–Kier alpha value is -0.770. The number of halogens is 1. The molecule has 2 fully saturated rings. The molecular weight excluding hydrogens is 469 g/mol. The Morgan fingerprint density at radius 3 is 2.57 bits per heavy atom. The van der Waals surface area contributed by atoms with Crippen LogP contribution in [0.25, 0.3) is 0 Å². The van der Waals surface area contributed by atoms with Crippen LogP contribution in [0.4, 0.5) is 4.79 Å². The summed E-state index contributed by atoms with van der Waals surface area (Å²) < 4.78 is 5.51. The van der Waals surface area contributed by atoms with Crippen LogP contribution in [0.15, 0.2) is 4.99 Å². The van der Waals surface area contributed by atoms with Crippen LogP contribution >= 0.6 is 24.0 Å². The lowest BCUT2D eigenvalue weighted by atomic mass is 9.93. The second kappa shape index (κ2) is 10.3. The molecule has 0 aliphatic carbocycles. The third-order valence-corrected chi connectivity index (χ3v) is 5.85. The first-order chi connectivity index (χ1) is 12.9. The van der Waals surface area contributed by atoms with Crippen molar-refractivity contribution in [2.75, 3.05) is 52.4 Å². The molecule has 1 atom stereocenters. The number of piperazine rings is 1. The highest BCUT2D eigenvalue weighted by Gasteiger charge is 2.36. The molecule has 162 valence electrons. The number of guanidine groups is 1. The Morgan fingerprint density at radius 2 is 1.93 bits per heavy atom. The number of likely N-dealkylation sites (tertiary alicyclic amines) is 1. The lowest BCUT2D eigenvalue weighted by Crippen LogP contribution is -2.57. The fraction of sp³-hybridized carbons (Fsp3) is 0.900. The minimum Gasteiger partial charge on any atom is -0.444 e. The number of piperidine rings is 1. The molecule has 0 bridgehead atoms. The highest BCUT2D eigenvalue weighted by atomic mass is 127. The van der Waals surface area contributed by atoms with Gasteiger partial charge in [0.2, 0.25) is 0 Å². The molecule has 0 saturated carbocycles. The van der Waals surface area contributed by atoms with E-state index in [1.54, 1.807) is 0 Å². The van der Waals surface area contributed by atoms with Crippen LogP contribution in [0.2, 0.25) is 0 Å². The van der Waals surface area contributed by atoms with Gasteiger partial charge in [0.05, 0.1) is 12.6 Å². The zero-order valence-electron chi connectivity index (χ0n) is 17.9. The standard InChI is InChI=1S/C20H37N5O2.HI/c1-5-23-10-7-16(8-11-23)6-9-21-18-22-14-17-15-24(12-13-25(17)18)19(26)27-20(2,3)4;/h16-17H,5-15H2,1-4H3,(H,21,22);1H. The van der Waals surface area contributed by atoms with Gasteiger partial charge in [-0.2, -0.15) is 0 Å². The van der Waals surface area contributed by atoms with E-state index in [4.69, 9.17) is 9.73 Å². The Bertz CT molecular complexity index is 543. The van der Waals surface area contributed by atoms with E-state index < -0.39 is 5.60 Å². The van der Waals surface area contributed by atoms with Gasteiger partial charge in [0.25, 0.3) is 0 Å². The molecule has 2 saturated heterocycles. The number of hydrogen-bond acceptors (Lipinski definition) is 6. The van der Waals surface area contributed by atoms with Crippen molar-refractivity contribution >= 4 is 36.0 Å². The first-order valence-corrected chi connectivity index (χ1v) is 10.6. The summed E-state index contributed by atoms with van der Waals surface area (Å²) in [5.41, 5.74) is -0.444. The monoisotopic (exact) mass is 507 g/mol. The molecule has 8 heteroatoms. The average Bonchev–Trinajstić information content (AvgIpc) is 3.03. The molecule has 3 aliphatic rings. The topological polar surface area (TPSA) is 60.4 Å². The van der Waals surface area contributed by atoms with Crippen LogP contribution in [-0.4, -0.2) is 90.8 Å². The van der Waals surface area contributed by atoms with Crippen molar-refractivity contribution in [3.63, 3.8) is 0 Å². The van der Waals surface area contributed by atoms with E-state index in [2.05, 4.69) is 22.0 Å². The summed E-state index contributed by atoms with van der Waals surface area (Å²) in [4.78, 5) is 23.7. The Balaban J connectivity index is 0.00000280. The molecule has 3 heterocycles. The molecule has 0 aromatic carbocycles. The van der Waals surface area contributed by atoms with Gasteiger partial charge < -0.3 is 24.8 Å². The number of rotatable bonds is 4. The van der Waals surface area contributed by atoms with Crippen molar-refractivity contribution in [1.29, 1.82) is 0 Å². The lowest BCUT2D eigenvalue weighted by Gasteiger charge is -2.39. The Morgan fingerprint density at radius 1 is 1.21 bits per heavy atom. The molecule has 1 N–H and O–H groups in total. The first-order valence-electron chi connectivity index (χ1n) is 10.6. The van der Waals surface area contributed by atoms with Gasteiger partial charge >= 0.3 is 6.09 Å². The third-order valence-electron chi connectivity index (χ3n) is 5.85. The van der Waals surface area contributed by atoms with Crippen molar-refractivity contribution in [2.24, 2.45) is 10.9 Å². The van der Waals surface area contributed by atoms with Crippen LogP contribution < -0.4 is 5.32 Å². The van der Waals surface area contributed by atoms with Crippen LogP contribution in [0.5, 0.6) is 0 Å². The largest absolute Gasteiger partial charge is 0.444 e. The molecule has 3 rings (SSSR count). The van der Waals surface area contributed by atoms with Crippen LogP contribution in [-0.2, 0) is 4.74 Å². The molecule has 1 unspecified atom stereocenters. The van der Waals surface area contributed by atoms with Crippen molar-refractivity contribution in [3.8, 4) is 0 Å². The third kappa shape index (κ3) is 6.37. The quantitative estimate of drug-likeness (QED) is 0.593. The Kier molecular flexibility index (Phi) is 8.66. The highest BCUT2D eigenvalue weighted by molar-refractivity contribution is 14.0. The number of carbonyl (C=O) groups excluding carboxylic acids is 1. The van der Waals surface area contributed by atoms with Gasteiger partial charge in [-0.15, -0.1) is 24.0 Å². The van der Waals surface area contributed by atoms with Gasteiger partial charge in [-0.3, -0.25) is 4.99 Å². The molecule has 0 spiro atoms. The van der Waals surface area contributed by atoms with Crippen molar-refractivity contribution in [2.45, 2.75) is 58.6 Å². The zero-order chi connectivity index (χ0) is 19.4. The molecule has 0 aromatic heterocycles. The number of aliphatic imine (C=N–C) groups is 1. The number of ether oxygens (including phenoxy) is 1. The van der Waals surface area contributed by atoms with Gasteiger partial charge in [-0.1, -0.05) is 6.92 Å². The predicted octanol–water partition coefficient (Wildman–Crippen LogP) is 2.61. The van der Waals surface area contributed by atoms with Crippen molar-refractivity contribution in [3.05, 3.63) is 0 Å². The Labute approximate surface area is 187 Å². The van der Waals surface area contributed by atoms with Crippen LogP contribution in [0.3, 0.4) is 0 Å². The maximum Gasteiger partial charge on any atom is 0.410 e. The average molecular weight is 507 g/mol. The summed E-state index contributed by atoms with van der Waals surface area (Å²) >= 11 is 0. The summed E-state index contributed by atoms with van der Waals surface area (Å²) in [6, 6.07) is 0.279. The predicted molar refractivity (Wildman–Crippen MR) is 123 cm³/mol. The number of amides is 1. The van der Waals surface area contributed by atoms with E-state index in [1.165, 1.54) is 38.9 Å². The fourth-order valence-corrected chi connectivity index (χ4v) is 4.20. The van der Waals surface area contributed by atoms with E-state index in [0.29, 0.717) is 13.1 Å². The zero-order valence-corrected chi connectivity index (χ0v) is 20.3. The SMILES string of the molecule is CCN1CCC(CCNC2=NCC3CN(C(=O)OC(C)(C)C)CCN23)CC1.I. The second-order valence-electron chi connectivity index (χ2n) is 9.03. The molecule has 28 heavy (non-hydrogen) atoms. The summed E-state index contributed by atoms with van der Waals surface area (Å²) in [7, 11) is 0. The number of nitrogens with one attached hydrogen (secondary N) is 1. The van der Waals surface area contributed by atoms with Gasteiger partial charge in [-0.25, -0.2) is 4.79 Å². The molecule has 3 aliphatic heterocycles. The maximum atomic E-state index is 12.3. The molecule has 7 nitrogen and oxygen atoms in total. The van der Waals surface area contributed by atoms with E-state index in [9.17, 15) is 4.79 Å². The van der Waals surface area contributed by atoms with Crippen molar-refractivity contribution < 1.29 is 9.53 Å². The number of fused-ring (bicyclic) bond motifs is 1. The first kappa shape index (κ1) is 23.5. The van der Waals surface area contributed by atoms with Crippen LogP contribution in [0.1, 0.15) is 47.0 Å². The smallest absolute Gasteiger partial charge is 0.410 e. The number of nitrogens with zero attached hydrogens (tertiary/aromatic N) is 4. The van der Waals surface area contributed by atoms with E-state index in [1.807, 2.05) is 25.7 Å². The van der Waals surface area contributed by atoms with Gasteiger partial charge in [0.15, 0.2) is 5.96 Å². The van der Waals surface area contributed by atoms with Gasteiger partial charge in [0, 0.05) is 26.2 Å². The maximum absolute atomic E-state index is 12.3. The van der Waals surface area contributed by atoms with Gasteiger partial charge in [-0.05, 0) is 65.6 Å². The fourth-order valence-electron chi connectivity index (χ4n) is 4.20. The highest BCUT2D eigenvalue weighted by Crippen LogP contribution is 2.21.